The first kappa shape index (κ1) is 18.7. The van der Waals surface area contributed by atoms with E-state index in [4.69, 9.17) is 4.74 Å². The summed E-state index contributed by atoms with van der Waals surface area (Å²) in [5, 5.41) is 3.59. The van der Waals surface area contributed by atoms with Crippen LogP contribution >= 0.6 is 0 Å². The second kappa shape index (κ2) is 8.34. The number of nitrogens with zero attached hydrogens (tertiary/aromatic N) is 1. The lowest BCUT2D eigenvalue weighted by atomic mass is 9.91. The fraction of sp³-hybridized carbons (Fsp3) is 1.00. The minimum Gasteiger partial charge on any atom is -0.372 e. The van der Waals surface area contributed by atoms with Crippen molar-refractivity contribution in [3.05, 3.63) is 0 Å². The second-order valence-electron chi connectivity index (χ2n) is 6.18. The Balaban J connectivity index is 2.37. The summed E-state index contributed by atoms with van der Waals surface area (Å²) in [7, 11) is 0. The third-order valence-corrected chi connectivity index (χ3v) is 4.36. The molecule has 6 heteroatoms. The van der Waals surface area contributed by atoms with E-state index in [1.165, 1.54) is 0 Å². The van der Waals surface area contributed by atoms with Gasteiger partial charge in [0.2, 0.25) is 0 Å². The third-order valence-electron chi connectivity index (χ3n) is 4.36. The number of alkyl halides is 3. The van der Waals surface area contributed by atoms with Crippen molar-refractivity contribution in [2.45, 2.75) is 64.2 Å². The van der Waals surface area contributed by atoms with Crippen molar-refractivity contribution in [2.24, 2.45) is 0 Å². The fourth-order valence-electron chi connectivity index (χ4n) is 2.82. The molecule has 21 heavy (non-hydrogen) atoms. The van der Waals surface area contributed by atoms with Gasteiger partial charge in [0.05, 0.1) is 0 Å². The molecule has 3 nitrogen and oxygen atoms in total. The van der Waals surface area contributed by atoms with E-state index in [-0.39, 0.29) is 12.1 Å². The molecule has 0 aromatic carbocycles. The van der Waals surface area contributed by atoms with E-state index in [0.29, 0.717) is 12.5 Å². The van der Waals surface area contributed by atoms with E-state index >= 15 is 0 Å². The molecule has 0 aliphatic carbocycles. The number of rotatable bonds is 8. The fourth-order valence-corrected chi connectivity index (χ4v) is 2.82. The van der Waals surface area contributed by atoms with Crippen LogP contribution in [0.5, 0.6) is 0 Å². The van der Waals surface area contributed by atoms with Crippen LogP contribution in [0.3, 0.4) is 0 Å². The molecule has 1 fully saturated rings. The van der Waals surface area contributed by atoms with Gasteiger partial charge in [-0.2, -0.15) is 13.2 Å². The van der Waals surface area contributed by atoms with Gasteiger partial charge in [-0.3, -0.25) is 4.90 Å². The first-order valence-corrected chi connectivity index (χ1v) is 7.93. The van der Waals surface area contributed by atoms with Gasteiger partial charge in [-0.05, 0) is 26.2 Å². The molecule has 1 aliphatic heterocycles. The molecule has 126 valence electrons. The monoisotopic (exact) mass is 310 g/mol. The molecule has 1 heterocycles. The molecule has 0 radical (unpaired) electrons. The molecular formula is C15H29F3N2O. The average Bonchev–Trinajstić information content (AvgIpc) is 2.41. The first-order valence-electron chi connectivity index (χ1n) is 7.93. The minimum atomic E-state index is -4.22. The van der Waals surface area contributed by atoms with Crippen LogP contribution in [-0.4, -0.2) is 55.5 Å². The van der Waals surface area contributed by atoms with Crippen LogP contribution in [0.4, 0.5) is 13.2 Å². The van der Waals surface area contributed by atoms with E-state index < -0.39 is 12.8 Å². The topological polar surface area (TPSA) is 24.5 Å². The zero-order valence-electron chi connectivity index (χ0n) is 13.4. The van der Waals surface area contributed by atoms with Crippen LogP contribution in [0.2, 0.25) is 0 Å². The SMILES string of the molecule is CCCC1CN(CCCOCC(F)(F)F)C(C)(CC)CN1. The Labute approximate surface area is 126 Å². The van der Waals surface area contributed by atoms with Crippen LogP contribution < -0.4 is 5.32 Å². The Bertz CT molecular complexity index is 299. The van der Waals surface area contributed by atoms with Crippen molar-refractivity contribution in [2.75, 3.05) is 32.8 Å². The number of ether oxygens (including phenoxy) is 1. The Morgan fingerprint density at radius 3 is 2.62 bits per heavy atom. The summed E-state index contributed by atoms with van der Waals surface area (Å²) >= 11 is 0. The predicted octanol–water partition coefficient (Wildman–Crippen LogP) is 3.20. The van der Waals surface area contributed by atoms with Crippen molar-refractivity contribution in [3.63, 3.8) is 0 Å². The maximum atomic E-state index is 12.0. The zero-order chi connectivity index (χ0) is 15.9. The number of halogens is 3. The first-order chi connectivity index (χ1) is 9.80. The highest BCUT2D eigenvalue weighted by Gasteiger charge is 2.35. The number of hydrogen-bond acceptors (Lipinski definition) is 3. The lowest BCUT2D eigenvalue weighted by molar-refractivity contribution is -0.174. The van der Waals surface area contributed by atoms with Crippen LogP contribution in [0.15, 0.2) is 0 Å². The normalized spacial score (nSPS) is 28.0. The summed E-state index contributed by atoms with van der Waals surface area (Å²) in [6, 6.07) is 0.491. The molecule has 0 aromatic rings. The average molecular weight is 310 g/mol. The summed E-state index contributed by atoms with van der Waals surface area (Å²) in [4.78, 5) is 2.42. The number of nitrogens with one attached hydrogen (secondary N) is 1. The van der Waals surface area contributed by atoms with Crippen molar-refractivity contribution < 1.29 is 17.9 Å². The largest absolute Gasteiger partial charge is 0.411 e. The second-order valence-corrected chi connectivity index (χ2v) is 6.18. The lowest BCUT2D eigenvalue weighted by Gasteiger charge is -2.48. The summed E-state index contributed by atoms with van der Waals surface area (Å²) in [5.41, 5.74) is 0.0915. The highest BCUT2D eigenvalue weighted by Crippen LogP contribution is 2.24. The van der Waals surface area contributed by atoms with Crippen molar-refractivity contribution in [1.29, 1.82) is 0 Å². The van der Waals surface area contributed by atoms with Crippen molar-refractivity contribution in [3.8, 4) is 0 Å². The van der Waals surface area contributed by atoms with E-state index in [0.717, 1.165) is 38.9 Å². The summed E-state index contributed by atoms with van der Waals surface area (Å²) < 4.78 is 40.7. The molecule has 2 atom stereocenters. The Hall–Kier alpha value is -0.330. The number of hydrogen-bond donors (Lipinski definition) is 1. The van der Waals surface area contributed by atoms with Crippen LogP contribution in [0.1, 0.15) is 46.5 Å². The van der Waals surface area contributed by atoms with E-state index in [1.54, 1.807) is 0 Å². The van der Waals surface area contributed by atoms with Gasteiger partial charge in [0, 0.05) is 37.8 Å². The van der Waals surface area contributed by atoms with Crippen molar-refractivity contribution in [1.82, 2.24) is 10.2 Å². The van der Waals surface area contributed by atoms with Gasteiger partial charge in [0.1, 0.15) is 6.61 Å². The van der Waals surface area contributed by atoms with Gasteiger partial charge in [0.25, 0.3) is 0 Å². The highest BCUT2D eigenvalue weighted by atomic mass is 19.4. The maximum absolute atomic E-state index is 12.0. The molecule has 1 aliphatic rings. The quantitative estimate of drug-likeness (QED) is 0.697. The van der Waals surface area contributed by atoms with Crippen LogP contribution in [0.25, 0.3) is 0 Å². The molecule has 0 bridgehead atoms. The molecule has 1 saturated heterocycles. The standard InChI is InChI=1S/C15H29F3N2O/c1-4-7-13-10-20(14(3,5-2)11-19-13)8-6-9-21-12-15(16,17)18/h13,19H,4-12H2,1-3H3. The predicted molar refractivity (Wildman–Crippen MR) is 78.5 cm³/mol. The molecular weight excluding hydrogens is 281 g/mol. The maximum Gasteiger partial charge on any atom is 0.411 e. The summed E-state index contributed by atoms with van der Waals surface area (Å²) in [6.07, 6.45) is -0.268. The van der Waals surface area contributed by atoms with Crippen LogP contribution in [0, 0.1) is 0 Å². The molecule has 0 aromatic heterocycles. The van der Waals surface area contributed by atoms with Gasteiger partial charge >= 0.3 is 6.18 Å². The highest BCUT2D eigenvalue weighted by molar-refractivity contribution is 4.94. The minimum absolute atomic E-state index is 0.0915. The molecule has 2 unspecified atom stereocenters. The van der Waals surface area contributed by atoms with E-state index in [9.17, 15) is 13.2 Å². The third kappa shape index (κ3) is 6.53. The summed E-state index contributed by atoms with van der Waals surface area (Å²) in [5.74, 6) is 0. The molecule has 1 rings (SSSR count). The number of piperazine rings is 1. The van der Waals surface area contributed by atoms with Gasteiger partial charge in [-0.1, -0.05) is 20.3 Å². The van der Waals surface area contributed by atoms with Crippen LogP contribution in [-0.2, 0) is 4.74 Å². The van der Waals surface area contributed by atoms with E-state index in [1.807, 2.05) is 0 Å². The van der Waals surface area contributed by atoms with Gasteiger partial charge in [0.15, 0.2) is 0 Å². The Morgan fingerprint density at radius 2 is 2.05 bits per heavy atom. The summed E-state index contributed by atoms with van der Waals surface area (Å²) in [6.45, 7) is 8.29. The zero-order valence-corrected chi connectivity index (χ0v) is 13.4. The lowest BCUT2D eigenvalue weighted by Crippen LogP contribution is -2.63. The molecule has 0 amide bonds. The molecule has 1 N–H and O–H groups in total. The van der Waals surface area contributed by atoms with Gasteiger partial charge in [-0.15, -0.1) is 0 Å². The smallest absolute Gasteiger partial charge is 0.372 e. The van der Waals surface area contributed by atoms with Gasteiger partial charge in [-0.25, -0.2) is 0 Å². The van der Waals surface area contributed by atoms with Gasteiger partial charge < -0.3 is 10.1 Å². The molecule has 0 spiro atoms. The molecule has 0 saturated carbocycles. The van der Waals surface area contributed by atoms with Crippen molar-refractivity contribution >= 4 is 0 Å². The van der Waals surface area contributed by atoms with E-state index in [2.05, 4.69) is 31.0 Å². The Kier molecular flexibility index (Phi) is 7.44. The Morgan fingerprint density at radius 1 is 1.33 bits per heavy atom.